The zero-order valence-electron chi connectivity index (χ0n) is 11.6. The molecule has 1 aromatic carbocycles. The van der Waals surface area contributed by atoms with E-state index in [0.29, 0.717) is 18.0 Å². The van der Waals surface area contributed by atoms with Crippen molar-refractivity contribution in [3.05, 3.63) is 28.2 Å². The third-order valence-electron chi connectivity index (χ3n) is 3.63. The van der Waals surface area contributed by atoms with Crippen LogP contribution in [0.2, 0.25) is 0 Å². The van der Waals surface area contributed by atoms with E-state index in [1.54, 1.807) is 16.4 Å². The Morgan fingerprint density at radius 1 is 1.40 bits per heavy atom. The highest BCUT2D eigenvalue weighted by Gasteiger charge is 2.30. The summed E-state index contributed by atoms with van der Waals surface area (Å²) in [5.41, 5.74) is 0.772. The Kier molecular flexibility index (Phi) is 6.47. The van der Waals surface area contributed by atoms with Crippen molar-refractivity contribution in [1.82, 2.24) is 9.62 Å². The van der Waals surface area contributed by atoms with E-state index in [1.807, 2.05) is 20.0 Å². The zero-order valence-corrected chi connectivity index (χ0v) is 14.8. The predicted octanol–water partition coefficient (Wildman–Crippen LogP) is 2.55. The normalized spacial score (nSPS) is 20.4. The summed E-state index contributed by atoms with van der Waals surface area (Å²) >= 11 is 3.39. The molecule has 4 nitrogen and oxygen atoms in total. The molecule has 1 heterocycles. The average Bonchev–Trinajstić information content (AvgIpc) is 2.41. The third kappa shape index (κ3) is 3.54. The largest absolute Gasteiger partial charge is 0.316 e. The Hall–Kier alpha value is -0.140. The molecule has 0 bridgehead atoms. The molecule has 2 rings (SSSR count). The zero-order chi connectivity index (χ0) is 14.0. The van der Waals surface area contributed by atoms with E-state index < -0.39 is 10.0 Å². The van der Waals surface area contributed by atoms with Gasteiger partial charge in [0.15, 0.2) is 0 Å². The second kappa shape index (κ2) is 7.22. The van der Waals surface area contributed by atoms with Crippen molar-refractivity contribution in [3.63, 3.8) is 0 Å². The molecule has 1 atom stereocenters. The van der Waals surface area contributed by atoms with Crippen molar-refractivity contribution in [2.75, 3.05) is 20.1 Å². The van der Waals surface area contributed by atoms with Gasteiger partial charge in [0.2, 0.25) is 10.0 Å². The molecule has 20 heavy (non-hydrogen) atoms. The topological polar surface area (TPSA) is 49.4 Å². The first-order valence-electron chi connectivity index (χ1n) is 6.39. The smallest absolute Gasteiger partial charge is 0.243 e. The van der Waals surface area contributed by atoms with E-state index in [9.17, 15) is 8.42 Å². The van der Waals surface area contributed by atoms with Gasteiger partial charge in [0.25, 0.3) is 0 Å². The second-order valence-corrected chi connectivity index (χ2v) is 7.61. The Morgan fingerprint density at radius 3 is 2.75 bits per heavy atom. The summed E-state index contributed by atoms with van der Waals surface area (Å²) in [5.74, 6) is 0. The van der Waals surface area contributed by atoms with E-state index in [-0.39, 0.29) is 18.4 Å². The lowest BCUT2D eigenvalue weighted by Gasteiger charge is -2.32. The van der Waals surface area contributed by atoms with Crippen LogP contribution in [0, 0.1) is 6.92 Å². The fraction of sp³-hybridized carbons (Fsp3) is 0.538. The fourth-order valence-electron chi connectivity index (χ4n) is 2.40. The lowest BCUT2D eigenvalue weighted by atomic mass is 10.1. The van der Waals surface area contributed by atoms with Gasteiger partial charge >= 0.3 is 0 Å². The third-order valence-corrected chi connectivity index (χ3v) is 6.50. The summed E-state index contributed by atoms with van der Waals surface area (Å²) in [4.78, 5) is 0.402. The maximum Gasteiger partial charge on any atom is 0.243 e. The summed E-state index contributed by atoms with van der Waals surface area (Å²) in [5, 5.41) is 3.17. The summed E-state index contributed by atoms with van der Waals surface area (Å²) in [7, 11) is -1.51. The minimum absolute atomic E-state index is 0. The van der Waals surface area contributed by atoms with Crippen LogP contribution in [0.3, 0.4) is 0 Å². The molecule has 1 aromatic rings. The predicted molar refractivity (Wildman–Crippen MR) is 87.0 cm³/mol. The van der Waals surface area contributed by atoms with Gasteiger partial charge in [-0.25, -0.2) is 8.42 Å². The highest BCUT2D eigenvalue weighted by Crippen LogP contribution is 2.27. The van der Waals surface area contributed by atoms with Crippen LogP contribution < -0.4 is 5.32 Å². The average molecular weight is 384 g/mol. The van der Waals surface area contributed by atoms with Crippen molar-refractivity contribution in [1.29, 1.82) is 0 Å². The van der Waals surface area contributed by atoms with Crippen LogP contribution >= 0.6 is 28.3 Å². The lowest BCUT2D eigenvalue weighted by Crippen LogP contribution is -2.46. The van der Waals surface area contributed by atoms with Crippen LogP contribution in [-0.2, 0) is 10.0 Å². The molecule has 1 fully saturated rings. The molecule has 1 saturated heterocycles. The van der Waals surface area contributed by atoms with E-state index in [2.05, 4.69) is 21.2 Å². The minimum atomic E-state index is -3.39. The molecule has 0 aliphatic carbocycles. The highest BCUT2D eigenvalue weighted by molar-refractivity contribution is 9.10. The molecule has 1 aliphatic rings. The number of piperidine rings is 1. The minimum Gasteiger partial charge on any atom is -0.316 e. The molecule has 0 spiro atoms. The fourth-order valence-corrected chi connectivity index (χ4v) is 4.67. The van der Waals surface area contributed by atoms with E-state index in [0.717, 1.165) is 22.9 Å². The number of sulfonamides is 1. The first-order valence-corrected chi connectivity index (χ1v) is 8.62. The van der Waals surface area contributed by atoms with Gasteiger partial charge in [-0.2, -0.15) is 4.31 Å². The summed E-state index contributed by atoms with van der Waals surface area (Å²) in [6.45, 7) is 2.98. The van der Waals surface area contributed by atoms with Gasteiger partial charge < -0.3 is 5.32 Å². The molecule has 7 heteroatoms. The number of nitrogens with one attached hydrogen (secondary N) is 1. The first kappa shape index (κ1) is 17.9. The van der Waals surface area contributed by atoms with Gasteiger partial charge in [-0.1, -0.05) is 22.0 Å². The van der Waals surface area contributed by atoms with Crippen LogP contribution in [0.1, 0.15) is 18.4 Å². The molecule has 0 aromatic heterocycles. The lowest BCUT2D eigenvalue weighted by molar-refractivity contribution is 0.292. The summed E-state index contributed by atoms with van der Waals surface area (Å²) in [6.07, 6.45) is 1.93. The monoisotopic (exact) mass is 382 g/mol. The van der Waals surface area contributed by atoms with Gasteiger partial charge in [0.1, 0.15) is 0 Å². The number of benzene rings is 1. The summed E-state index contributed by atoms with van der Waals surface area (Å²) < 4.78 is 27.8. The van der Waals surface area contributed by atoms with Crippen LogP contribution in [-0.4, -0.2) is 38.9 Å². The standard InChI is InChI=1S/C13H19BrN2O2S.ClH/c1-10-12(14)6-3-7-13(10)19(17,18)16-8-4-5-11(9-16)15-2;/h3,6-7,11,15H,4-5,8-9H2,1-2H3;1H. The number of likely N-dealkylation sites (N-methyl/N-ethyl adjacent to an activating group) is 1. The van der Waals surface area contributed by atoms with E-state index in [1.165, 1.54) is 0 Å². The van der Waals surface area contributed by atoms with Crippen molar-refractivity contribution >= 4 is 38.4 Å². The number of hydrogen-bond acceptors (Lipinski definition) is 3. The molecule has 0 amide bonds. The molecule has 1 unspecified atom stereocenters. The van der Waals surface area contributed by atoms with Crippen LogP contribution in [0.15, 0.2) is 27.6 Å². The van der Waals surface area contributed by atoms with Crippen molar-refractivity contribution in [2.45, 2.75) is 30.7 Å². The Balaban J connectivity index is 0.00000200. The highest BCUT2D eigenvalue weighted by atomic mass is 79.9. The molecular formula is C13H20BrClN2O2S. The van der Waals surface area contributed by atoms with Crippen LogP contribution in [0.4, 0.5) is 0 Å². The van der Waals surface area contributed by atoms with Crippen LogP contribution in [0.25, 0.3) is 0 Å². The van der Waals surface area contributed by atoms with Gasteiger partial charge in [-0.15, -0.1) is 12.4 Å². The SMILES string of the molecule is CNC1CCCN(S(=O)(=O)c2cccc(Br)c2C)C1.Cl. The van der Waals surface area contributed by atoms with Crippen molar-refractivity contribution in [2.24, 2.45) is 0 Å². The Labute approximate surface area is 135 Å². The van der Waals surface area contributed by atoms with Gasteiger partial charge in [0, 0.05) is 23.6 Å². The molecule has 0 radical (unpaired) electrons. The van der Waals surface area contributed by atoms with Crippen LogP contribution in [0.5, 0.6) is 0 Å². The van der Waals surface area contributed by atoms with Gasteiger partial charge in [-0.3, -0.25) is 0 Å². The van der Waals surface area contributed by atoms with Crippen molar-refractivity contribution in [3.8, 4) is 0 Å². The van der Waals surface area contributed by atoms with Crippen molar-refractivity contribution < 1.29 is 8.42 Å². The first-order chi connectivity index (χ1) is 8.96. The number of hydrogen-bond donors (Lipinski definition) is 1. The van der Waals surface area contributed by atoms with E-state index >= 15 is 0 Å². The number of nitrogens with zero attached hydrogens (tertiary/aromatic N) is 1. The quantitative estimate of drug-likeness (QED) is 0.872. The number of rotatable bonds is 3. The molecule has 1 aliphatic heterocycles. The molecule has 1 N–H and O–H groups in total. The molecule has 0 saturated carbocycles. The Bertz CT molecular complexity index is 565. The maximum atomic E-state index is 12.7. The number of halogens is 2. The Morgan fingerprint density at radius 2 is 2.10 bits per heavy atom. The maximum absolute atomic E-state index is 12.7. The van der Waals surface area contributed by atoms with Gasteiger partial charge in [0.05, 0.1) is 4.90 Å². The van der Waals surface area contributed by atoms with E-state index in [4.69, 9.17) is 0 Å². The summed E-state index contributed by atoms with van der Waals surface area (Å²) in [6, 6.07) is 5.55. The molecule has 114 valence electrons. The molecular weight excluding hydrogens is 364 g/mol. The second-order valence-electron chi connectivity index (χ2n) is 4.85. The van der Waals surface area contributed by atoms with Gasteiger partial charge in [-0.05, 0) is 44.5 Å².